The highest BCUT2D eigenvalue weighted by atomic mass is 16.7. The highest BCUT2D eigenvalue weighted by Gasteiger charge is 2.42. The van der Waals surface area contributed by atoms with E-state index in [0.29, 0.717) is 19.8 Å². The molecule has 3 saturated heterocycles. The predicted molar refractivity (Wildman–Crippen MR) is 101 cm³/mol. The van der Waals surface area contributed by atoms with E-state index in [1.54, 1.807) is 4.90 Å². The SMILES string of the molecule is CCc1ccc(N2CC(C(=O)N3CCCCC3C3OCCO3)CC2=O)cc1. The molecule has 3 aliphatic rings. The molecule has 6 nitrogen and oxygen atoms in total. The quantitative estimate of drug-likeness (QED) is 0.814. The summed E-state index contributed by atoms with van der Waals surface area (Å²) in [5.74, 6) is -0.190. The molecule has 146 valence electrons. The molecule has 0 bridgehead atoms. The monoisotopic (exact) mass is 372 g/mol. The second kappa shape index (κ2) is 7.98. The number of amides is 2. The molecule has 0 spiro atoms. The van der Waals surface area contributed by atoms with Crippen LogP contribution in [0.4, 0.5) is 5.69 Å². The van der Waals surface area contributed by atoms with Crippen LogP contribution in [0.3, 0.4) is 0 Å². The van der Waals surface area contributed by atoms with Crippen LogP contribution in [0.1, 0.15) is 38.2 Å². The van der Waals surface area contributed by atoms with Crippen LogP contribution in [0, 0.1) is 5.92 Å². The summed E-state index contributed by atoms with van der Waals surface area (Å²) in [6.07, 6.45) is 3.92. The molecule has 3 fully saturated rings. The van der Waals surface area contributed by atoms with Gasteiger partial charge in [-0.05, 0) is 43.4 Å². The number of aryl methyl sites for hydroxylation is 1. The molecule has 4 rings (SSSR count). The summed E-state index contributed by atoms with van der Waals surface area (Å²) in [6.45, 7) is 4.47. The molecule has 2 amide bonds. The number of likely N-dealkylation sites (tertiary alicyclic amines) is 1. The van der Waals surface area contributed by atoms with E-state index in [4.69, 9.17) is 9.47 Å². The van der Waals surface area contributed by atoms with Crippen molar-refractivity contribution < 1.29 is 19.1 Å². The topological polar surface area (TPSA) is 59.1 Å². The molecule has 3 heterocycles. The van der Waals surface area contributed by atoms with Crippen LogP contribution in [0.25, 0.3) is 0 Å². The Labute approximate surface area is 160 Å². The fraction of sp³-hybridized carbons (Fsp3) is 0.619. The summed E-state index contributed by atoms with van der Waals surface area (Å²) in [4.78, 5) is 29.5. The van der Waals surface area contributed by atoms with Crippen LogP contribution >= 0.6 is 0 Å². The molecule has 0 radical (unpaired) electrons. The molecule has 0 aromatic heterocycles. The van der Waals surface area contributed by atoms with Crippen LogP contribution in [0.15, 0.2) is 24.3 Å². The van der Waals surface area contributed by atoms with E-state index in [2.05, 4.69) is 6.92 Å². The first kappa shape index (κ1) is 18.4. The normalized spacial score (nSPS) is 26.8. The zero-order valence-electron chi connectivity index (χ0n) is 15.9. The summed E-state index contributed by atoms with van der Waals surface area (Å²) in [5, 5.41) is 0. The third kappa shape index (κ3) is 3.73. The first-order valence-electron chi connectivity index (χ1n) is 10.1. The second-order valence-corrected chi connectivity index (χ2v) is 7.63. The first-order valence-corrected chi connectivity index (χ1v) is 10.1. The van der Waals surface area contributed by atoms with Crippen molar-refractivity contribution in [3.8, 4) is 0 Å². The number of hydrogen-bond donors (Lipinski definition) is 0. The summed E-state index contributed by atoms with van der Waals surface area (Å²) in [6, 6.07) is 8.03. The minimum Gasteiger partial charge on any atom is -0.348 e. The maximum atomic E-state index is 13.2. The number of benzene rings is 1. The molecule has 6 heteroatoms. The fourth-order valence-electron chi connectivity index (χ4n) is 4.38. The van der Waals surface area contributed by atoms with Gasteiger partial charge in [0.25, 0.3) is 0 Å². The van der Waals surface area contributed by atoms with Gasteiger partial charge in [0.15, 0.2) is 6.29 Å². The first-order chi connectivity index (χ1) is 13.2. The van der Waals surface area contributed by atoms with Gasteiger partial charge in [-0.15, -0.1) is 0 Å². The molecule has 0 aliphatic carbocycles. The van der Waals surface area contributed by atoms with E-state index in [0.717, 1.165) is 37.9 Å². The van der Waals surface area contributed by atoms with Gasteiger partial charge in [0.1, 0.15) is 0 Å². The van der Waals surface area contributed by atoms with Crippen molar-refractivity contribution in [2.24, 2.45) is 5.92 Å². The number of nitrogens with zero attached hydrogens (tertiary/aromatic N) is 2. The number of ether oxygens (including phenoxy) is 2. The van der Waals surface area contributed by atoms with Gasteiger partial charge >= 0.3 is 0 Å². The van der Waals surface area contributed by atoms with Gasteiger partial charge in [0, 0.05) is 25.2 Å². The minimum absolute atomic E-state index is 0.0262. The summed E-state index contributed by atoms with van der Waals surface area (Å²) in [5.41, 5.74) is 2.12. The maximum absolute atomic E-state index is 13.2. The van der Waals surface area contributed by atoms with Crippen LogP contribution in [0.2, 0.25) is 0 Å². The van der Waals surface area contributed by atoms with Crippen LogP contribution in [0.5, 0.6) is 0 Å². The van der Waals surface area contributed by atoms with E-state index in [1.165, 1.54) is 5.56 Å². The Morgan fingerprint density at radius 1 is 1.15 bits per heavy atom. The maximum Gasteiger partial charge on any atom is 0.228 e. The van der Waals surface area contributed by atoms with E-state index >= 15 is 0 Å². The number of hydrogen-bond acceptors (Lipinski definition) is 4. The highest BCUT2D eigenvalue weighted by Crippen LogP contribution is 2.30. The lowest BCUT2D eigenvalue weighted by Crippen LogP contribution is -2.52. The average Bonchev–Trinajstić information content (AvgIpc) is 3.37. The number of piperidine rings is 1. The highest BCUT2D eigenvalue weighted by molar-refractivity contribution is 6.00. The minimum atomic E-state index is -0.316. The molecular weight excluding hydrogens is 344 g/mol. The standard InChI is InChI=1S/C21H28N2O4/c1-2-15-6-8-17(9-7-15)23-14-16(13-19(23)24)20(25)22-10-4-3-5-18(22)21-26-11-12-27-21/h6-9,16,18,21H,2-5,10-14H2,1H3. The van der Waals surface area contributed by atoms with Gasteiger partial charge in [-0.2, -0.15) is 0 Å². The van der Waals surface area contributed by atoms with E-state index in [-0.39, 0.29) is 36.5 Å². The number of carbonyl (C=O) groups is 2. The van der Waals surface area contributed by atoms with Crippen molar-refractivity contribution >= 4 is 17.5 Å². The smallest absolute Gasteiger partial charge is 0.228 e. The number of carbonyl (C=O) groups excluding carboxylic acids is 2. The third-order valence-electron chi connectivity index (χ3n) is 5.92. The lowest BCUT2D eigenvalue weighted by Gasteiger charge is -2.39. The van der Waals surface area contributed by atoms with Crippen molar-refractivity contribution in [3.63, 3.8) is 0 Å². The van der Waals surface area contributed by atoms with E-state index < -0.39 is 0 Å². The van der Waals surface area contributed by atoms with Gasteiger partial charge < -0.3 is 19.3 Å². The molecule has 27 heavy (non-hydrogen) atoms. The summed E-state index contributed by atoms with van der Waals surface area (Å²) < 4.78 is 11.4. The molecular formula is C21H28N2O4. The van der Waals surface area contributed by atoms with Gasteiger partial charge in [0.2, 0.25) is 11.8 Å². The Morgan fingerprint density at radius 3 is 2.59 bits per heavy atom. The predicted octanol–water partition coefficient (Wildman–Crippen LogP) is 2.36. The number of anilines is 1. The van der Waals surface area contributed by atoms with Crippen molar-refractivity contribution in [1.29, 1.82) is 0 Å². The molecule has 2 atom stereocenters. The Kier molecular flexibility index (Phi) is 5.45. The Morgan fingerprint density at radius 2 is 1.89 bits per heavy atom. The zero-order valence-corrected chi connectivity index (χ0v) is 15.9. The molecule has 1 aromatic carbocycles. The Balaban J connectivity index is 1.46. The molecule has 3 aliphatic heterocycles. The number of rotatable bonds is 4. The second-order valence-electron chi connectivity index (χ2n) is 7.63. The lowest BCUT2D eigenvalue weighted by atomic mass is 9.98. The van der Waals surface area contributed by atoms with E-state index in [1.807, 2.05) is 29.2 Å². The third-order valence-corrected chi connectivity index (χ3v) is 5.92. The summed E-state index contributed by atoms with van der Waals surface area (Å²) >= 11 is 0. The largest absolute Gasteiger partial charge is 0.348 e. The molecule has 2 unspecified atom stereocenters. The summed E-state index contributed by atoms with van der Waals surface area (Å²) in [7, 11) is 0. The van der Waals surface area contributed by atoms with Crippen LogP contribution in [-0.2, 0) is 25.5 Å². The van der Waals surface area contributed by atoms with Gasteiger partial charge in [0.05, 0.1) is 25.2 Å². The zero-order chi connectivity index (χ0) is 18.8. The molecule has 1 aromatic rings. The molecule has 0 N–H and O–H groups in total. The van der Waals surface area contributed by atoms with Crippen molar-refractivity contribution in [2.45, 2.75) is 51.4 Å². The van der Waals surface area contributed by atoms with Gasteiger partial charge in [-0.3, -0.25) is 9.59 Å². The van der Waals surface area contributed by atoms with Crippen molar-refractivity contribution in [3.05, 3.63) is 29.8 Å². The van der Waals surface area contributed by atoms with Gasteiger partial charge in [-0.25, -0.2) is 0 Å². The van der Waals surface area contributed by atoms with Crippen LogP contribution in [-0.4, -0.2) is 55.3 Å². The van der Waals surface area contributed by atoms with Crippen molar-refractivity contribution in [2.75, 3.05) is 31.2 Å². The lowest BCUT2D eigenvalue weighted by molar-refractivity contribution is -0.154. The Hall–Kier alpha value is -1.92. The van der Waals surface area contributed by atoms with Gasteiger partial charge in [-0.1, -0.05) is 19.1 Å². The van der Waals surface area contributed by atoms with E-state index in [9.17, 15) is 9.59 Å². The van der Waals surface area contributed by atoms with Crippen molar-refractivity contribution in [1.82, 2.24) is 4.90 Å². The van der Waals surface area contributed by atoms with Crippen LogP contribution < -0.4 is 4.90 Å². The fourth-order valence-corrected chi connectivity index (χ4v) is 4.38. The average molecular weight is 372 g/mol. The Bertz CT molecular complexity index is 684. The molecule has 0 saturated carbocycles.